The predicted octanol–water partition coefficient (Wildman–Crippen LogP) is 2.80. The van der Waals surface area contributed by atoms with Crippen molar-refractivity contribution in [1.29, 1.82) is 0 Å². The largest absolute Gasteiger partial charge is 0.330 e. The van der Waals surface area contributed by atoms with Crippen LogP contribution in [0.3, 0.4) is 0 Å². The van der Waals surface area contributed by atoms with Gasteiger partial charge in [-0.2, -0.15) is 0 Å². The van der Waals surface area contributed by atoms with Crippen LogP contribution in [0.15, 0.2) is 0 Å². The zero-order valence-corrected chi connectivity index (χ0v) is 8.98. The van der Waals surface area contributed by atoms with Crippen molar-refractivity contribution in [3.05, 3.63) is 0 Å². The second-order valence-corrected chi connectivity index (χ2v) is 5.28. The molecule has 0 heterocycles. The zero-order chi connectivity index (χ0) is 9.41. The van der Waals surface area contributed by atoms with Crippen molar-refractivity contribution in [2.24, 2.45) is 22.5 Å². The molecule has 0 aromatic rings. The Labute approximate surface area is 76.7 Å². The van der Waals surface area contributed by atoms with Gasteiger partial charge in [0.1, 0.15) is 0 Å². The summed E-state index contributed by atoms with van der Waals surface area (Å²) in [7, 11) is 0. The molecule has 1 saturated carbocycles. The number of unbranched alkanes of at least 4 members (excludes halogenated alkanes) is 1. The van der Waals surface area contributed by atoms with Crippen LogP contribution in [0.5, 0.6) is 0 Å². The van der Waals surface area contributed by atoms with E-state index in [1.807, 2.05) is 0 Å². The highest BCUT2D eigenvalue weighted by Crippen LogP contribution is 2.70. The number of nitrogens with two attached hydrogens (primary N) is 1. The summed E-state index contributed by atoms with van der Waals surface area (Å²) in [4.78, 5) is 0. The molecule has 1 aliphatic rings. The molecule has 72 valence electrons. The first-order valence-electron chi connectivity index (χ1n) is 5.14. The Kier molecular flexibility index (Phi) is 2.53. The maximum absolute atomic E-state index is 5.47. The van der Waals surface area contributed by atoms with Crippen LogP contribution in [-0.4, -0.2) is 6.54 Å². The quantitative estimate of drug-likeness (QED) is 0.643. The molecule has 0 amide bonds. The summed E-state index contributed by atoms with van der Waals surface area (Å²) in [5.41, 5.74) is 6.61. The summed E-state index contributed by atoms with van der Waals surface area (Å²) in [6, 6.07) is 0. The molecule has 0 atom stereocenters. The van der Waals surface area contributed by atoms with E-state index in [0.717, 1.165) is 12.5 Å². The molecule has 0 aromatic heterocycles. The second-order valence-electron chi connectivity index (χ2n) is 5.28. The van der Waals surface area contributed by atoms with Gasteiger partial charge in [-0.1, -0.05) is 34.1 Å². The van der Waals surface area contributed by atoms with Crippen molar-refractivity contribution in [1.82, 2.24) is 0 Å². The summed E-state index contributed by atoms with van der Waals surface area (Å²) >= 11 is 0. The minimum absolute atomic E-state index is 0.571. The van der Waals surface area contributed by atoms with Gasteiger partial charge in [-0.3, -0.25) is 0 Å². The number of hydrogen-bond acceptors (Lipinski definition) is 1. The van der Waals surface area contributed by atoms with Gasteiger partial charge < -0.3 is 5.73 Å². The van der Waals surface area contributed by atoms with Crippen molar-refractivity contribution < 1.29 is 0 Å². The van der Waals surface area contributed by atoms with E-state index in [1.54, 1.807) is 0 Å². The van der Waals surface area contributed by atoms with Crippen molar-refractivity contribution in [3.63, 3.8) is 0 Å². The molecule has 1 fully saturated rings. The molecule has 1 heteroatoms. The lowest BCUT2D eigenvalue weighted by molar-refractivity contribution is 0.457. The van der Waals surface area contributed by atoms with Crippen molar-refractivity contribution in [3.8, 4) is 0 Å². The Hall–Kier alpha value is -0.0400. The summed E-state index contributed by atoms with van der Waals surface area (Å²) in [5.74, 6) is 0.927. The van der Waals surface area contributed by atoms with Crippen LogP contribution in [0.25, 0.3) is 0 Å². The molecular formula is C11H23N. The van der Waals surface area contributed by atoms with Crippen LogP contribution in [-0.2, 0) is 0 Å². The lowest BCUT2D eigenvalue weighted by Crippen LogP contribution is -1.99. The second kappa shape index (κ2) is 3.02. The minimum atomic E-state index is 0.571. The Morgan fingerprint density at radius 3 is 1.83 bits per heavy atom. The van der Waals surface area contributed by atoms with E-state index in [0.29, 0.717) is 10.8 Å². The summed E-state index contributed by atoms with van der Waals surface area (Å²) in [6.07, 6.45) is 3.88. The van der Waals surface area contributed by atoms with E-state index >= 15 is 0 Å². The highest BCUT2D eigenvalue weighted by Gasteiger charge is 2.63. The minimum Gasteiger partial charge on any atom is -0.330 e. The first kappa shape index (κ1) is 10.0. The third-order valence-corrected chi connectivity index (χ3v) is 4.27. The average Bonchev–Trinajstić information content (AvgIpc) is 2.32. The SMILES string of the molecule is CC1(C)C(CCCCN)C1(C)C. The lowest BCUT2D eigenvalue weighted by atomic mass is 10.0. The lowest BCUT2D eigenvalue weighted by Gasteiger charge is -2.04. The van der Waals surface area contributed by atoms with Gasteiger partial charge in [0, 0.05) is 0 Å². The van der Waals surface area contributed by atoms with Gasteiger partial charge in [-0.05, 0) is 36.1 Å². The fraction of sp³-hybridized carbons (Fsp3) is 1.00. The van der Waals surface area contributed by atoms with E-state index in [-0.39, 0.29) is 0 Å². The molecule has 1 aliphatic carbocycles. The molecule has 0 spiro atoms. The third-order valence-electron chi connectivity index (χ3n) is 4.27. The zero-order valence-electron chi connectivity index (χ0n) is 8.98. The van der Waals surface area contributed by atoms with Crippen LogP contribution >= 0.6 is 0 Å². The molecule has 2 N–H and O–H groups in total. The van der Waals surface area contributed by atoms with Gasteiger partial charge in [0.15, 0.2) is 0 Å². The molecule has 0 radical (unpaired) electrons. The fourth-order valence-electron chi connectivity index (χ4n) is 2.55. The Morgan fingerprint density at radius 1 is 1.00 bits per heavy atom. The molecule has 12 heavy (non-hydrogen) atoms. The molecule has 0 aliphatic heterocycles. The van der Waals surface area contributed by atoms with Crippen LogP contribution in [0.4, 0.5) is 0 Å². The molecule has 1 nitrogen and oxygen atoms in total. The monoisotopic (exact) mass is 169 g/mol. The number of rotatable bonds is 4. The molecule has 0 aromatic carbocycles. The molecule has 0 saturated heterocycles. The smallest absolute Gasteiger partial charge is 0.00773 e. The van der Waals surface area contributed by atoms with Crippen LogP contribution in [0.1, 0.15) is 47.0 Å². The van der Waals surface area contributed by atoms with Crippen molar-refractivity contribution in [2.75, 3.05) is 6.54 Å². The summed E-state index contributed by atoms with van der Waals surface area (Å²) in [5, 5.41) is 0. The van der Waals surface area contributed by atoms with E-state index in [1.165, 1.54) is 19.3 Å². The average molecular weight is 169 g/mol. The van der Waals surface area contributed by atoms with Crippen LogP contribution in [0, 0.1) is 16.7 Å². The fourth-order valence-corrected chi connectivity index (χ4v) is 2.55. The van der Waals surface area contributed by atoms with Crippen molar-refractivity contribution >= 4 is 0 Å². The third kappa shape index (κ3) is 1.39. The summed E-state index contributed by atoms with van der Waals surface area (Å²) < 4.78 is 0. The van der Waals surface area contributed by atoms with Gasteiger partial charge in [-0.25, -0.2) is 0 Å². The molecular weight excluding hydrogens is 146 g/mol. The Bertz CT molecular complexity index is 144. The van der Waals surface area contributed by atoms with Crippen molar-refractivity contribution in [2.45, 2.75) is 47.0 Å². The highest BCUT2D eigenvalue weighted by atomic mass is 14.7. The molecule has 0 unspecified atom stereocenters. The highest BCUT2D eigenvalue weighted by molar-refractivity contribution is 5.11. The maximum Gasteiger partial charge on any atom is -0.00773 e. The predicted molar refractivity (Wildman–Crippen MR) is 54.0 cm³/mol. The standard InChI is InChI=1S/C11H23N/c1-10(2)9(11(10,3)4)7-5-6-8-12/h9H,5-8,12H2,1-4H3. The van der Waals surface area contributed by atoms with E-state index in [4.69, 9.17) is 5.73 Å². The van der Waals surface area contributed by atoms with E-state index < -0.39 is 0 Å². The molecule has 0 bridgehead atoms. The first-order chi connectivity index (χ1) is 5.44. The van der Waals surface area contributed by atoms with Gasteiger partial charge in [0.2, 0.25) is 0 Å². The van der Waals surface area contributed by atoms with E-state index in [9.17, 15) is 0 Å². The Morgan fingerprint density at radius 2 is 1.50 bits per heavy atom. The molecule has 1 rings (SSSR count). The van der Waals surface area contributed by atoms with Crippen LogP contribution in [0.2, 0.25) is 0 Å². The van der Waals surface area contributed by atoms with Gasteiger partial charge >= 0.3 is 0 Å². The number of hydrogen-bond donors (Lipinski definition) is 1. The van der Waals surface area contributed by atoms with Gasteiger partial charge in [0.05, 0.1) is 0 Å². The Balaban J connectivity index is 2.29. The summed E-state index contributed by atoms with van der Waals surface area (Å²) in [6.45, 7) is 10.4. The van der Waals surface area contributed by atoms with Crippen LogP contribution < -0.4 is 5.73 Å². The van der Waals surface area contributed by atoms with E-state index in [2.05, 4.69) is 27.7 Å². The topological polar surface area (TPSA) is 26.0 Å². The van der Waals surface area contributed by atoms with Gasteiger partial charge in [-0.15, -0.1) is 0 Å². The normalized spacial score (nSPS) is 25.8. The van der Waals surface area contributed by atoms with Gasteiger partial charge in [0.25, 0.3) is 0 Å². The first-order valence-corrected chi connectivity index (χ1v) is 5.14. The maximum atomic E-state index is 5.47.